The summed E-state index contributed by atoms with van der Waals surface area (Å²) in [5.74, 6) is 1.78. The number of fused-ring (bicyclic) bond motifs is 6. The Kier molecular flexibility index (Phi) is 7.42. The van der Waals surface area contributed by atoms with Crippen LogP contribution in [0.2, 0.25) is 0 Å². The molecule has 262 valence electrons. The maximum Gasteiger partial charge on any atom is 0.164 e. The van der Waals surface area contributed by atoms with Crippen LogP contribution in [0.15, 0.2) is 197 Å². The summed E-state index contributed by atoms with van der Waals surface area (Å²) in [6.45, 7) is 0. The van der Waals surface area contributed by atoms with E-state index >= 15 is 0 Å². The lowest BCUT2D eigenvalue weighted by molar-refractivity contribution is 0.669. The van der Waals surface area contributed by atoms with E-state index in [0.29, 0.717) is 17.5 Å². The fourth-order valence-corrected chi connectivity index (χ4v) is 7.70. The molecule has 0 aliphatic carbocycles. The Morgan fingerprint density at radius 1 is 0.232 bits per heavy atom. The third-order valence-electron chi connectivity index (χ3n) is 10.5. The van der Waals surface area contributed by atoms with Crippen molar-refractivity contribution >= 4 is 43.9 Å². The van der Waals surface area contributed by atoms with Gasteiger partial charge in [0.15, 0.2) is 17.5 Å². The lowest BCUT2D eigenvalue weighted by Gasteiger charge is -2.12. The van der Waals surface area contributed by atoms with Crippen LogP contribution in [0.4, 0.5) is 0 Å². The molecule has 3 heterocycles. The summed E-state index contributed by atoms with van der Waals surface area (Å²) in [5.41, 5.74) is 12.6. The van der Waals surface area contributed by atoms with E-state index in [4.69, 9.17) is 23.8 Å². The average Bonchev–Trinajstić information content (AvgIpc) is 3.84. The van der Waals surface area contributed by atoms with Gasteiger partial charge >= 0.3 is 0 Å². The minimum absolute atomic E-state index is 0.573. The first kappa shape index (κ1) is 31.9. The first-order valence-corrected chi connectivity index (χ1v) is 18.7. The van der Waals surface area contributed by atoms with Crippen molar-refractivity contribution in [2.45, 2.75) is 0 Å². The molecular formula is C51H31N3O2. The van der Waals surface area contributed by atoms with Gasteiger partial charge in [0, 0.05) is 38.2 Å². The fourth-order valence-electron chi connectivity index (χ4n) is 7.70. The monoisotopic (exact) mass is 717 g/mol. The summed E-state index contributed by atoms with van der Waals surface area (Å²) in [6, 6.07) is 64.7. The second kappa shape index (κ2) is 13.0. The molecule has 0 saturated heterocycles. The van der Waals surface area contributed by atoms with Crippen molar-refractivity contribution in [1.29, 1.82) is 0 Å². The lowest BCUT2D eigenvalue weighted by atomic mass is 9.96. The van der Waals surface area contributed by atoms with Crippen LogP contribution in [0, 0.1) is 0 Å². The van der Waals surface area contributed by atoms with Gasteiger partial charge in [-0.05, 0) is 94.0 Å². The Balaban J connectivity index is 1.03. The van der Waals surface area contributed by atoms with E-state index in [2.05, 4.69) is 115 Å². The van der Waals surface area contributed by atoms with Crippen molar-refractivity contribution in [2.24, 2.45) is 0 Å². The number of furan rings is 2. The van der Waals surface area contributed by atoms with Crippen LogP contribution >= 0.6 is 0 Å². The summed E-state index contributed by atoms with van der Waals surface area (Å²) < 4.78 is 12.7. The van der Waals surface area contributed by atoms with Crippen molar-refractivity contribution < 1.29 is 8.83 Å². The predicted molar refractivity (Wildman–Crippen MR) is 227 cm³/mol. The number of hydrogen-bond acceptors (Lipinski definition) is 5. The Morgan fingerprint density at radius 3 is 1.32 bits per heavy atom. The summed E-state index contributed by atoms with van der Waals surface area (Å²) in [4.78, 5) is 15.3. The predicted octanol–water partition coefficient (Wildman–Crippen LogP) is 13.7. The Hall–Kier alpha value is -7.63. The quantitative estimate of drug-likeness (QED) is 0.171. The van der Waals surface area contributed by atoms with E-state index in [9.17, 15) is 0 Å². The smallest absolute Gasteiger partial charge is 0.164 e. The van der Waals surface area contributed by atoms with Crippen molar-refractivity contribution in [3.8, 4) is 67.5 Å². The van der Waals surface area contributed by atoms with Gasteiger partial charge < -0.3 is 8.83 Å². The van der Waals surface area contributed by atoms with Crippen LogP contribution in [-0.4, -0.2) is 15.0 Å². The number of aromatic nitrogens is 3. The lowest BCUT2D eigenvalue weighted by Crippen LogP contribution is -2.00. The van der Waals surface area contributed by atoms with Gasteiger partial charge in [-0.2, -0.15) is 0 Å². The van der Waals surface area contributed by atoms with Crippen LogP contribution in [0.1, 0.15) is 0 Å². The van der Waals surface area contributed by atoms with Crippen LogP contribution in [0.5, 0.6) is 0 Å². The first-order valence-electron chi connectivity index (χ1n) is 18.7. The minimum atomic E-state index is 0.573. The molecule has 11 rings (SSSR count). The van der Waals surface area contributed by atoms with Crippen molar-refractivity contribution in [2.75, 3.05) is 0 Å². The van der Waals surface area contributed by atoms with Gasteiger partial charge in [0.1, 0.15) is 22.3 Å². The third kappa shape index (κ3) is 5.62. The van der Waals surface area contributed by atoms with Gasteiger partial charge in [0.25, 0.3) is 0 Å². The number of hydrogen-bond donors (Lipinski definition) is 0. The Morgan fingerprint density at radius 2 is 0.661 bits per heavy atom. The average molecular weight is 718 g/mol. The molecule has 5 nitrogen and oxygen atoms in total. The number of nitrogens with zero attached hydrogens (tertiary/aromatic N) is 3. The molecule has 0 atom stereocenters. The number of rotatable bonds is 6. The van der Waals surface area contributed by atoms with E-state index in [1.807, 2.05) is 72.8 Å². The van der Waals surface area contributed by atoms with E-state index in [1.165, 1.54) is 0 Å². The first-order chi connectivity index (χ1) is 27.7. The van der Waals surface area contributed by atoms with Crippen molar-refractivity contribution in [1.82, 2.24) is 15.0 Å². The standard InChI is InChI=1S/C51H31N3O2/c1-4-12-32(13-5-1)38-26-39(33-14-6-2-7-15-33)28-40(27-38)51-53-49(34-16-8-3-9-17-34)52-50(54-51)37-21-24-43-42-23-20-36(30-47(42)56-48(43)31-37)35-22-25-46-44(29-35)41-18-10-11-19-45(41)55-46/h1-31H. The van der Waals surface area contributed by atoms with Gasteiger partial charge in [0.05, 0.1) is 0 Å². The molecule has 0 fully saturated rings. The molecule has 3 aromatic heterocycles. The highest BCUT2D eigenvalue weighted by Crippen LogP contribution is 2.38. The second-order valence-corrected chi connectivity index (χ2v) is 14.0. The molecule has 0 amide bonds. The molecule has 0 unspecified atom stereocenters. The normalized spacial score (nSPS) is 11.6. The molecular weight excluding hydrogens is 687 g/mol. The fraction of sp³-hybridized carbons (Fsp3) is 0. The molecule has 0 saturated carbocycles. The molecule has 0 radical (unpaired) electrons. The molecule has 11 aromatic rings. The van der Waals surface area contributed by atoms with Gasteiger partial charge in [-0.1, -0.05) is 127 Å². The topological polar surface area (TPSA) is 65.0 Å². The van der Waals surface area contributed by atoms with Crippen LogP contribution in [0.25, 0.3) is 111 Å². The second-order valence-electron chi connectivity index (χ2n) is 14.0. The molecule has 5 heteroatoms. The zero-order chi connectivity index (χ0) is 37.0. The largest absolute Gasteiger partial charge is 0.456 e. The molecule has 8 aromatic carbocycles. The third-order valence-corrected chi connectivity index (χ3v) is 10.5. The molecule has 0 aliphatic rings. The Bertz CT molecular complexity index is 3180. The minimum Gasteiger partial charge on any atom is -0.456 e. The van der Waals surface area contributed by atoms with E-state index < -0.39 is 0 Å². The molecule has 0 spiro atoms. The van der Waals surface area contributed by atoms with Crippen molar-refractivity contribution in [3.05, 3.63) is 188 Å². The van der Waals surface area contributed by atoms with Gasteiger partial charge in [-0.3, -0.25) is 0 Å². The molecule has 0 N–H and O–H groups in total. The molecule has 0 bridgehead atoms. The van der Waals surface area contributed by atoms with Gasteiger partial charge in [0.2, 0.25) is 0 Å². The number of benzene rings is 8. The van der Waals surface area contributed by atoms with Gasteiger partial charge in [-0.15, -0.1) is 0 Å². The summed E-state index contributed by atoms with van der Waals surface area (Å²) >= 11 is 0. The van der Waals surface area contributed by atoms with E-state index in [-0.39, 0.29) is 0 Å². The van der Waals surface area contributed by atoms with Crippen molar-refractivity contribution in [3.63, 3.8) is 0 Å². The Labute approximate surface area is 322 Å². The van der Waals surface area contributed by atoms with Crippen LogP contribution < -0.4 is 0 Å². The summed E-state index contributed by atoms with van der Waals surface area (Å²) in [6.07, 6.45) is 0. The van der Waals surface area contributed by atoms with Crippen LogP contribution in [0.3, 0.4) is 0 Å². The number of para-hydroxylation sites is 1. The summed E-state index contributed by atoms with van der Waals surface area (Å²) in [7, 11) is 0. The maximum absolute atomic E-state index is 6.59. The van der Waals surface area contributed by atoms with E-state index in [0.717, 1.165) is 93.9 Å². The SMILES string of the molecule is c1ccc(-c2cc(-c3ccccc3)cc(-c3nc(-c4ccccc4)nc(-c4ccc5c(c4)oc4cc(-c6ccc7oc8ccccc8c7c6)ccc45)n3)c2)cc1. The zero-order valence-electron chi connectivity index (χ0n) is 30.1. The molecule has 56 heavy (non-hydrogen) atoms. The van der Waals surface area contributed by atoms with E-state index in [1.54, 1.807) is 0 Å². The van der Waals surface area contributed by atoms with Crippen LogP contribution in [-0.2, 0) is 0 Å². The molecule has 0 aliphatic heterocycles. The highest BCUT2D eigenvalue weighted by Gasteiger charge is 2.17. The summed E-state index contributed by atoms with van der Waals surface area (Å²) in [5, 5.41) is 4.30. The zero-order valence-corrected chi connectivity index (χ0v) is 30.1. The highest BCUT2D eigenvalue weighted by molar-refractivity contribution is 6.08. The highest BCUT2D eigenvalue weighted by atomic mass is 16.3. The maximum atomic E-state index is 6.59. The van der Waals surface area contributed by atoms with Gasteiger partial charge in [-0.25, -0.2) is 15.0 Å².